The number of ether oxygens (including phenoxy) is 1. The van der Waals surface area contributed by atoms with Crippen molar-refractivity contribution in [2.75, 3.05) is 12.8 Å². The monoisotopic (exact) mass is 234 g/mol. The van der Waals surface area contributed by atoms with Gasteiger partial charge in [-0.3, -0.25) is 15.2 Å². The number of nitro benzene ring substituents is 1. The number of anilines is 1. The maximum atomic E-state index is 10.7. The van der Waals surface area contributed by atoms with Crippen molar-refractivity contribution in [3.63, 3.8) is 0 Å². The largest absolute Gasteiger partial charge is 0.496 e. The molecule has 0 aliphatic rings. The molecule has 0 radical (unpaired) electrons. The zero-order chi connectivity index (χ0) is 12.4. The molecule has 1 aromatic carbocycles. The number of aromatic amines is 1. The van der Waals surface area contributed by atoms with E-state index in [-0.39, 0.29) is 5.69 Å². The van der Waals surface area contributed by atoms with Gasteiger partial charge >= 0.3 is 0 Å². The average molecular weight is 234 g/mol. The predicted molar refractivity (Wildman–Crippen MR) is 61.6 cm³/mol. The molecule has 1 aromatic heterocycles. The summed E-state index contributed by atoms with van der Waals surface area (Å²) >= 11 is 0. The van der Waals surface area contributed by atoms with E-state index in [1.54, 1.807) is 6.07 Å². The number of nitrogens with zero attached hydrogens (tertiary/aromatic N) is 2. The highest BCUT2D eigenvalue weighted by Crippen LogP contribution is 2.32. The van der Waals surface area contributed by atoms with E-state index in [0.717, 1.165) is 0 Å². The minimum Gasteiger partial charge on any atom is -0.496 e. The molecule has 0 amide bonds. The highest BCUT2D eigenvalue weighted by Gasteiger charge is 2.14. The maximum absolute atomic E-state index is 10.7. The molecule has 0 fully saturated rings. The van der Waals surface area contributed by atoms with Gasteiger partial charge in [0.25, 0.3) is 5.69 Å². The van der Waals surface area contributed by atoms with Crippen LogP contribution in [-0.4, -0.2) is 22.2 Å². The molecule has 0 saturated heterocycles. The van der Waals surface area contributed by atoms with Crippen molar-refractivity contribution in [3.05, 3.63) is 34.4 Å². The number of aromatic nitrogens is 2. The number of nitrogen functional groups attached to an aromatic ring is 1. The Morgan fingerprint density at radius 3 is 2.76 bits per heavy atom. The van der Waals surface area contributed by atoms with Crippen molar-refractivity contribution in [2.24, 2.45) is 0 Å². The molecule has 2 rings (SSSR count). The predicted octanol–water partition coefficient (Wildman–Crippen LogP) is 1.58. The van der Waals surface area contributed by atoms with Crippen LogP contribution in [0.2, 0.25) is 0 Å². The Morgan fingerprint density at radius 1 is 1.47 bits per heavy atom. The average Bonchev–Trinajstić information content (AvgIpc) is 2.74. The van der Waals surface area contributed by atoms with Crippen molar-refractivity contribution in [3.8, 4) is 17.0 Å². The fraction of sp³-hybridized carbons (Fsp3) is 0.100. The Balaban J connectivity index is 2.57. The van der Waals surface area contributed by atoms with Crippen molar-refractivity contribution >= 4 is 11.5 Å². The van der Waals surface area contributed by atoms with Gasteiger partial charge in [-0.25, -0.2) is 0 Å². The topological polar surface area (TPSA) is 107 Å². The molecule has 7 heteroatoms. The number of hydrogen-bond acceptors (Lipinski definition) is 5. The lowest BCUT2D eigenvalue weighted by atomic mass is 10.1. The van der Waals surface area contributed by atoms with Gasteiger partial charge in [0, 0.05) is 23.8 Å². The maximum Gasteiger partial charge on any atom is 0.270 e. The lowest BCUT2D eigenvalue weighted by Crippen LogP contribution is -1.92. The van der Waals surface area contributed by atoms with E-state index >= 15 is 0 Å². The third-order valence-electron chi connectivity index (χ3n) is 2.28. The van der Waals surface area contributed by atoms with Crippen LogP contribution in [0.3, 0.4) is 0 Å². The SMILES string of the molecule is COc1ccc([N+](=O)[O-])cc1-c1cc(N)n[nH]1. The van der Waals surface area contributed by atoms with Gasteiger partial charge in [-0.1, -0.05) is 0 Å². The zero-order valence-electron chi connectivity index (χ0n) is 9.01. The number of non-ortho nitro benzene ring substituents is 1. The van der Waals surface area contributed by atoms with Gasteiger partial charge in [0.05, 0.1) is 17.7 Å². The van der Waals surface area contributed by atoms with Crippen LogP contribution in [0.1, 0.15) is 0 Å². The summed E-state index contributed by atoms with van der Waals surface area (Å²) in [5.74, 6) is 0.827. The first-order valence-corrected chi connectivity index (χ1v) is 4.75. The summed E-state index contributed by atoms with van der Waals surface area (Å²) in [6.07, 6.45) is 0. The van der Waals surface area contributed by atoms with E-state index in [2.05, 4.69) is 10.2 Å². The van der Waals surface area contributed by atoms with Gasteiger partial charge in [0.1, 0.15) is 11.6 Å². The second-order valence-electron chi connectivity index (χ2n) is 3.35. The van der Waals surface area contributed by atoms with Gasteiger partial charge in [0.2, 0.25) is 0 Å². The molecule has 0 bridgehead atoms. The number of hydrogen-bond donors (Lipinski definition) is 2. The summed E-state index contributed by atoms with van der Waals surface area (Å²) < 4.78 is 5.13. The number of nitrogens with two attached hydrogens (primary N) is 1. The first kappa shape index (κ1) is 10.9. The Labute approximate surface area is 96.4 Å². The molecule has 0 aliphatic heterocycles. The number of nitrogens with one attached hydrogen (secondary N) is 1. The summed E-state index contributed by atoms with van der Waals surface area (Å²) in [7, 11) is 1.49. The Bertz CT molecular complexity index is 564. The molecule has 2 aromatic rings. The summed E-state index contributed by atoms with van der Waals surface area (Å²) in [5.41, 5.74) is 6.59. The first-order chi connectivity index (χ1) is 8.11. The number of benzene rings is 1. The van der Waals surface area contributed by atoms with E-state index in [1.165, 1.54) is 25.3 Å². The lowest BCUT2D eigenvalue weighted by Gasteiger charge is -2.05. The molecule has 3 N–H and O–H groups in total. The van der Waals surface area contributed by atoms with E-state index in [0.29, 0.717) is 22.8 Å². The minimum atomic E-state index is -0.470. The number of H-pyrrole nitrogens is 1. The number of nitro groups is 1. The number of methoxy groups -OCH3 is 1. The van der Waals surface area contributed by atoms with E-state index < -0.39 is 4.92 Å². The third kappa shape index (κ3) is 2.03. The molecule has 88 valence electrons. The van der Waals surface area contributed by atoms with Gasteiger partial charge < -0.3 is 10.5 Å². The molecule has 0 atom stereocenters. The summed E-state index contributed by atoms with van der Waals surface area (Å²) in [6.45, 7) is 0. The van der Waals surface area contributed by atoms with Crippen LogP contribution >= 0.6 is 0 Å². The van der Waals surface area contributed by atoms with E-state index in [9.17, 15) is 10.1 Å². The lowest BCUT2D eigenvalue weighted by molar-refractivity contribution is -0.384. The smallest absolute Gasteiger partial charge is 0.270 e. The summed E-state index contributed by atoms with van der Waals surface area (Å²) in [4.78, 5) is 10.2. The molecule has 17 heavy (non-hydrogen) atoms. The van der Waals surface area contributed by atoms with Gasteiger partial charge in [-0.05, 0) is 6.07 Å². The van der Waals surface area contributed by atoms with E-state index in [1.807, 2.05) is 0 Å². The molecular weight excluding hydrogens is 224 g/mol. The Morgan fingerprint density at radius 2 is 2.24 bits per heavy atom. The second-order valence-corrected chi connectivity index (χ2v) is 3.35. The minimum absolute atomic E-state index is 0.0195. The standard InChI is InChI=1S/C10H10N4O3/c1-17-9-3-2-6(14(15)16)4-7(9)8-5-10(11)13-12-8/h2-5H,1H3,(H3,11,12,13). The normalized spacial score (nSPS) is 10.2. The van der Waals surface area contributed by atoms with Crippen LogP contribution in [0.5, 0.6) is 5.75 Å². The fourth-order valence-corrected chi connectivity index (χ4v) is 1.50. The van der Waals surface area contributed by atoms with Crippen molar-refractivity contribution < 1.29 is 9.66 Å². The van der Waals surface area contributed by atoms with Gasteiger partial charge in [-0.15, -0.1) is 0 Å². The highest BCUT2D eigenvalue weighted by molar-refractivity contribution is 5.71. The fourth-order valence-electron chi connectivity index (χ4n) is 1.50. The molecule has 0 spiro atoms. The van der Waals surface area contributed by atoms with E-state index in [4.69, 9.17) is 10.5 Å². The van der Waals surface area contributed by atoms with Crippen LogP contribution < -0.4 is 10.5 Å². The summed E-state index contributed by atoms with van der Waals surface area (Å²) in [6, 6.07) is 5.90. The van der Waals surface area contributed by atoms with Crippen molar-refractivity contribution in [1.82, 2.24) is 10.2 Å². The molecule has 0 unspecified atom stereocenters. The van der Waals surface area contributed by atoms with Crippen LogP contribution in [0.15, 0.2) is 24.3 Å². The van der Waals surface area contributed by atoms with Gasteiger partial charge in [0.15, 0.2) is 0 Å². The first-order valence-electron chi connectivity index (χ1n) is 4.75. The molecular formula is C10H10N4O3. The summed E-state index contributed by atoms with van der Waals surface area (Å²) in [5, 5.41) is 17.2. The molecule has 1 heterocycles. The van der Waals surface area contributed by atoms with Crippen LogP contribution in [-0.2, 0) is 0 Å². The van der Waals surface area contributed by atoms with Crippen LogP contribution in [0.25, 0.3) is 11.3 Å². The molecule has 7 nitrogen and oxygen atoms in total. The second kappa shape index (κ2) is 4.12. The number of rotatable bonds is 3. The highest BCUT2D eigenvalue weighted by atomic mass is 16.6. The molecule has 0 saturated carbocycles. The third-order valence-corrected chi connectivity index (χ3v) is 2.28. The zero-order valence-corrected chi connectivity index (χ0v) is 9.01. The van der Waals surface area contributed by atoms with Crippen LogP contribution in [0, 0.1) is 10.1 Å². The Kier molecular flexibility index (Phi) is 2.65. The quantitative estimate of drug-likeness (QED) is 0.619. The van der Waals surface area contributed by atoms with Gasteiger partial charge in [-0.2, -0.15) is 5.10 Å². The molecule has 0 aliphatic carbocycles. The van der Waals surface area contributed by atoms with Crippen molar-refractivity contribution in [1.29, 1.82) is 0 Å². The Hall–Kier alpha value is -2.57. The van der Waals surface area contributed by atoms with Crippen LogP contribution in [0.4, 0.5) is 11.5 Å². The van der Waals surface area contributed by atoms with Crippen molar-refractivity contribution in [2.45, 2.75) is 0 Å².